The topological polar surface area (TPSA) is 90.3 Å². The van der Waals surface area contributed by atoms with E-state index < -0.39 is 17.8 Å². The Hall–Kier alpha value is -3.24. The molecule has 4 amide bonds. The van der Waals surface area contributed by atoms with Crippen LogP contribution in [0.5, 0.6) is 0 Å². The molecule has 25 heavy (non-hydrogen) atoms. The highest BCUT2D eigenvalue weighted by atomic mass is 79.9. The molecule has 0 bridgehead atoms. The van der Waals surface area contributed by atoms with E-state index in [1.165, 1.54) is 6.08 Å². The molecule has 1 N–H and O–H groups in total. The molecule has 3 rings (SSSR count). The zero-order chi connectivity index (χ0) is 18.0. The Kier molecular flexibility index (Phi) is 4.46. The van der Waals surface area contributed by atoms with Gasteiger partial charge in [-0.15, -0.1) is 0 Å². The second-order valence-corrected chi connectivity index (χ2v) is 6.08. The molecule has 0 atom stereocenters. The number of barbiturate groups is 1. The van der Waals surface area contributed by atoms with Crippen LogP contribution in [0.2, 0.25) is 0 Å². The molecule has 122 valence electrons. The second-order valence-electron chi connectivity index (χ2n) is 5.17. The number of hydrogen-bond acceptors (Lipinski definition) is 4. The number of nitrogens with one attached hydrogen (secondary N) is 1. The van der Waals surface area contributed by atoms with Crippen molar-refractivity contribution < 1.29 is 14.4 Å². The number of nitrogens with zero attached hydrogens (tertiary/aromatic N) is 2. The number of halogens is 1. The van der Waals surface area contributed by atoms with Crippen molar-refractivity contribution in [3.05, 3.63) is 69.7 Å². The van der Waals surface area contributed by atoms with Crippen molar-refractivity contribution in [3.8, 4) is 6.07 Å². The summed E-state index contributed by atoms with van der Waals surface area (Å²) >= 11 is 3.28. The standard InChI is InChI=1S/C18H10BrN3O3/c19-13-5-7-14(8-6-13)22-17(24)15(16(23)21-18(22)25)9-11-1-3-12(10-20)4-2-11/h1-9H,(H,21,23,25)/b15-9+. The Bertz CT molecular complexity index is 941. The highest BCUT2D eigenvalue weighted by Crippen LogP contribution is 2.23. The molecule has 0 aromatic heterocycles. The molecule has 7 heteroatoms. The van der Waals surface area contributed by atoms with Crippen LogP contribution in [0.1, 0.15) is 11.1 Å². The molecule has 1 fully saturated rings. The highest BCUT2D eigenvalue weighted by Gasteiger charge is 2.36. The quantitative estimate of drug-likeness (QED) is 0.624. The maximum absolute atomic E-state index is 12.7. The molecule has 0 radical (unpaired) electrons. The average Bonchev–Trinajstić information content (AvgIpc) is 2.60. The van der Waals surface area contributed by atoms with Gasteiger partial charge in [0.25, 0.3) is 11.8 Å². The van der Waals surface area contributed by atoms with E-state index in [-0.39, 0.29) is 5.57 Å². The van der Waals surface area contributed by atoms with Crippen molar-refractivity contribution in [2.75, 3.05) is 4.90 Å². The molecular weight excluding hydrogens is 386 g/mol. The third kappa shape index (κ3) is 3.34. The molecule has 0 unspecified atom stereocenters. The van der Waals surface area contributed by atoms with Crippen molar-refractivity contribution in [1.82, 2.24) is 5.32 Å². The van der Waals surface area contributed by atoms with Crippen LogP contribution in [0.3, 0.4) is 0 Å². The molecule has 2 aromatic rings. The van der Waals surface area contributed by atoms with E-state index in [1.54, 1.807) is 48.5 Å². The zero-order valence-electron chi connectivity index (χ0n) is 12.7. The van der Waals surface area contributed by atoms with E-state index in [2.05, 4.69) is 21.2 Å². The van der Waals surface area contributed by atoms with Gasteiger partial charge in [0.1, 0.15) is 5.57 Å². The summed E-state index contributed by atoms with van der Waals surface area (Å²) in [6, 6.07) is 14.2. The number of urea groups is 1. The van der Waals surface area contributed by atoms with Crippen LogP contribution in [0, 0.1) is 11.3 Å². The number of carbonyl (C=O) groups is 3. The van der Waals surface area contributed by atoms with E-state index in [4.69, 9.17) is 5.26 Å². The van der Waals surface area contributed by atoms with E-state index in [1.807, 2.05) is 6.07 Å². The lowest BCUT2D eigenvalue weighted by atomic mass is 10.1. The van der Waals surface area contributed by atoms with Crippen LogP contribution in [-0.2, 0) is 9.59 Å². The number of nitriles is 1. The van der Waals surface area contributed by atoms with Crippen LogP contribution in [0.25, 0.3) is 6.08 Å². The van der Waals surface area contributed by atoms with Gasteiger partial charge in [0.15, 0.2) is 0 Å². The number of imide groups is 2. The number of carbonyl (C=O) groups excluding carboxylic acids is 3. The average molecular weight is 396 g/mol. The van der Waals surface area contributed by atoms with Crippen LogP contribution in [-0.4, -0.2) is 17.8 Å². The van der Waals surface area contributed by atoms with Gasteiger partial charge >= 0.3 is 6.03 Å². The van der Waals surface area contributed by atoms with Gasteiger partial charge in [0.2, 0.25) is 0 Å². The molecule has 6 nitrogen and oxygen atoms in total. The van der Waals surface area contributed by atoms with Crippen LogP contribution in [0.15, 0.2) is 58.6 Å². The normalized spacial score (nSPS) is 15.9. The summed E-state index contributed by atoms with van der Waals surface area (Å²) in [5.74, 6) is -1.46. The fourth-order valence-corrected chi connectivity index (χ4v) is 2.57. The molecule has 1 heterocycles. The van der Waals surface area contributed by atoms with Crippen molar-refractivity contribution in [2.24, 2.45) is 0 Å². The molecule has 1 aliphatic rings. The zero-order valence-corrected chi connectivity index (χ0v) is 14.3. The smallest absolute Gasteiger partial charge is 0.273 e. The molecule has 0 saturated carbocycles. The first-order valence-corrected chi connectivity index (χ1v) is 7.96. The van der Waals surface area contributed by atoms with E-state index >= 15 is 0 Å². The minimum absolute atomic E-state index is 0.160. The number of anilines is 1. The Labute approximate surface area is 151 Å². The Morgan fingerprint density at radius 2 is 1.64 bits per heavy atom. The van der Waals surface area contributed by atoms with Crippen LogP contribution < -0.4 is 10.2 Å². The van der Waals surface area contributed by atoms with Gasteiger partial charge in [-0.05, 0) is 48.0 Å². The van der Waals surface area contributed by atoms with Gasteiger partial charge in [-0.1, -0.05) is 28.1 Å². The van der Waals surface area contributed by atoms with E-state index in [0.717, 1.165) is 9.37 Å². The summed E-state index contributed by atoms with van der Waals surface area (Å²) in [4.78, 5) is 37.7. The predicted molar refractivity (Wildman–Crippen MR) is 94.3 cm³/mol. The van der Waals surface area contributed by atoms with E-state index in [9.17, 15) is 14.4 Å². The molecular formula is C18H10BrN3O3. The van der Waals surface area contributed by atoms with Crippen LogP contribution >= 0.6 is 15.9 Å². The molecule has 0 aliphatic carbocycles. The number of hydrogen-bond donors (Lipinski definition) is 1. The minimum Gasteiger partial charge on any atom is -0.273 e. The first kappa shape index (κ1) is 16.6. The van der Waals surface area contributed by atoms with Gasteiger partial charge in [-0.25, -0.2) is 9.69 Å². The lowest BCUT2D eigenvalue weighted by molar-refractivity contribution is -0.122. The summed E-state index contributed by atoms with van der Waals surface area (Å²) in [5, 5.41) is 11.0. The number of amides is 4. The third-order valence-electron chi connectivity index (χ3n) is 3.54. The van der Waals surface area contributed by atoms with Gasteiger partial charge in [-0.2, -0.15) is 5.26 Å². The highest BCUT2D eigenvalue weighted by molar-refractivity contribution is 9.10. The summed E-state index contributed by atoms with van der Waals surface area (Å²) < 4.78 is 0.797. The summed E-state index contributed by atoms with van der Waals surface area (Å²) in [6.07, 6.45) is 1.39. The fraction of sp³-hybridized carbons (Fsp3) is 0. The first-order valence-electron chi connectivity index (χ1n) is 7.17. The summed E-state index contributed by atoms with van der Waals surface area (Å²) in [5.41, 5.74) is 1.23. The monoisotopic (exact) mass is 395 g/mol. The lowest BCUT2D eigenvalue weighted by Gasteiger charge is -2.26. The third-order valence-corrected chi connectivity index (χ3v) is 4.07. The predicted octanol–water partition coefficient (Wildman–Crippen LogP) is 2.99. The SMILES string of the molecule is N#Cc1ccc(/C=C2\C(=O)NC(=O)N(c3ccc(Br)cc3)C2=O)cc1. The Morgan fingerprint density at radius 3 is 2.24 bits per heavy atom. The van der Waals surface area contributed by atoms with Gasteiger partial charge < -0.3 is 0 Å². The maximum Gasteiger partial charge on any atom is 0.335 e. The Balaban J connectivity index is 1.98. The van der Waals surface area contributed by atoms with Crippen molar-refractivity contribution >= 4 is 45.5 Å². The van der Waals surface area contributed by atoms with Gasteiger partial charge in [-0.3, -0.25) is 14.9 Å². The largest absolute Gasteiger partial charge is 0.335 e. The summed E-state index contributed by atoms with van der Waals surface area (Å²) in [6.45, 7) is 0. The first-order chi connectivity index (χ1) is 12.0. The molecule has 1 saturated heterocycles. The molecule has 0 spiro atoms. The molecule has 2 aromatic carbocycles. The summed E-state index contributed by atoms with van der Waals surface area (Å²) in [7, 11) is 0. The van der Waals surface area contributed by atoms with Gasteiger partial charge in [0, 0.05) is 4.47 Å². The Morgan fingerprint density at radius 1 is 1.00 bits per heavy atom. The fourth-order valence-electron chi connectivity index (χ4n) is 2.30. The maximum atomic E-state index is 12.7. The van der Waals surface area contributed by atoms with Crippen molar-refractivity contribution in [3.63, 3.8) is 0 Å². The van der Waals surface area contributed by atoms with Crippen LogP contribution in [0.4, 0.5) is 10.5 Å². The van der Waals surface area contributed by atoms with Crippen molar-refractivity contribution in [1.29, 1.82) is 5.26 Å². The number of benzene rings is 2. The van der Waals surface area contributed by atoms with Gasteiger partial charge in [0.05, 0.1) is 17.3 Å². The second kappa shape index (κ2) is 6.71. The minimum atomic E-state index is -0.797. The number of rotatable bonds is 2. The lowest BCUT2D eigenvalue weighted by Crippen LogP contribution is -2.54. The molecule has 1 aliphatic heterocycles. The van der Waals surface area contributed by atoms with E-state index in [0.29, 0.717) is 16.8 Å². The van der Waals surface area contributed by atoms with Crippen molar-refractivity contribution in [2.45, 2.75) is 0 Å².